The molecule has 0 bridgehead atoms. The molecule has 0 radical (unpaired) electrons. The molecule has 1 atom stereocenters. The van der Waals surface area contributed by atoms with Crippen LogP contribution in [-0.2, 0) is 6.42 Å². The Labute approximate surface area is 155 Å². The summed E-state index contributed by atoms with van der Waals surface area (Å²) >= 11 is 2.05. The van der Waals surface area contributed by atoms with E-state index >= 15 is 0 Å². The number of aliphatic imine (C=N–C) groups is 1. The summed E-state index contributed by atoms with van der Waals surface area (Å²) < 4.78 is 5.67. The number of hydrogen-bond donors (Lipinski definition) is 2. The van der Waals surface area contributed by atoms with Gasteiger partial charge in [0, 0.05) is 24.3 Å². The molecule has 0 amide bonds. The zero-order chi connectivity index (χ0) is 15.0. The van der Waals surface area contributed by atoms with Gasteiger partial charge in [-0.05, 0) is 44.1 Å². The van der Waals surface area contributed by atoms with E-state index in [0.717, 1.165) is 44.2 Å². The van der Waals surface area contributed by atoms with Gasteiger partial charge < -0.3 is 15.1 Å². The smallest absolute Gasteiger partial charge is 0.191 e. The van der Waals surface area contributed by atoms with Crippen LogP contribution in [-0.4, -0.2) is 36.1 Å². The lowest BCUT2D eigenvalue weighted by atomic mass is 10.1. The third kappa shape index (κ3) is 6.81. The normalized spacial score (nSPS) is 21.5. The van der Waals surface area contributed by atoms with E-state index in [0.29, 0.717) is 4.75 Å². The molecular weight excluding hydrogens is 409 g/mol. The first-order valence-electron chi connectivity index (χ1n) is 7.90. The van der Waals surface area contributed by atoms with Crippen LogP contribution in [0.4, 0.5) is 0 Å². The summed E-state index contributed by atoms with van der Waals surface area (Å²) in [4.78, 5) is 4.78. The van der Waals surface area contributed by atoms with Gasteiger partial charge >= 0.3 is 0 Å². The maximum absolute atomic E-state index is 5.35. The van der Waals surface area contributed by atoms with Gasteiger partial charge in [0.25, 0.3) is 0 Å². The fourth-order valence-electron chi connectivity index (χ4n) is 2.38. The van der Waals surface area contributed by atoms with Crippen molar-refractivity contribution in [3.8, 4) is 0 Å². The number of nitrogens with one attached hydrogen (secondary N) is 2. The van der Waals surface area contributed by atoms with E-state index in [1.54, 1.807) is 6.26 Å². The molecular formula is C16H28IN3OS. The first-order chi connectivity index (χ1) is 10.2. The Hall–Kier alpha value is -0.370. The van der Waals surface area contributed by atoms with E-state index in [1.807, 2.05) is 12.1 Å². The second-order valence-corrected chi connectivity index (χ2v) is 7.43. The van der Waals surface area contributed by atoms with Crippen LogP contribution in [0.15, 0.2) is 27.8 Å². The van der Waals surface area contributed by atoms with Crippen molar-refractivity contribution in [1.29, 1.82) is 0 Å². The molecule has 1 fully saturated rings. The molecule has 6 heteroatoms. The number of nitrogens with zero attached hydrogens (tertiary/aromatic N) is 1. The molecule has 1 unspecified atom stereocenters. The molecule has 126 valence electrons. The maximum atomic E-state index is 5.35. The number of hydrogen-bond acceptors (Lipinski definition) is 3. The molecule has 2 heterocycles. The summed E-state index contributed by atoms with van der Waals surface area (Å²) in [5.41, 5.74) is 0. The van der Waals surface area contributed by atoms with Crippen molar-refractivity contribution >= 4 is 41.7 Å². The summed E-state index contributed by atoms with van der Waals surface area (Å²) in [7, 11) is 0. The van der Waals surface area contributed by atoms with Crippen molar-refractivity contribution in [1.82, 2.24) is 10.6 Å². The second kappa shape index (κ2) is 10.4. The summed E-state index contributed by atoms with van der Waals surface area (Å²) in [6.07, 6.45) is 6.30. The van der Waals surface area contributed by atoms with Crippen LogP contribution in [0, 0.1) is 0 Å². The van der Waals surface area contributed by atoms with E-state index < -0.39 is 0 Å². The van der Waals surface area contributed by atoms with Crippen LogP contribution < -0.4 is 10.6 Å². The number of guanidine groups is 1. The molecule has 1 saturated heterocycles. The predicted molar refractivity (Wildman–Crippen MR) is 107 cm³/mol. The molecule has 1 aliphatic rings. The zero-order valence-electron chi connectivity index (χ0n) is 13.6. The lowest BCUT2D eigenvalue weighted by molar-refractivity contribution is 0.506. The van der Waals surface area contributed by atoms with Gasteiger partial charge in [-0.3, -0.25) is 4.99 Å². The minimum Gasteiger partial charge on any atom is -0.469 e. The molecule has 1 aliphatic heterocycles. The zero-order valence-corrected chi connectivity index (χ0v) is 16.7. The van der Waals surface area contributed by atoms with E-state index in [-0.39, 0.29) is 24.0 Å². The monoisotopic (exact) mass is 437 g/mol. The van der Waals surface area contributed by atoms with Crippen LogP contribution in [0.1, 0.15) is 38.9 Å². The average Bonchev–Trinajstić information content (AvgIpc) is 3.13. The average molecular weight is 437 g/mol. The van der Waals surface area contributed by atoms with Crippen molar-refractivity contribution in [2.45, 2.75) is 44.3 Å². The number of halogens is 1. The minimum absolute atomic E-state index is 0. The Bertz CT molecular complexity index is 431. The van der Waals surface area contributed by atoms with E-state index in [1.165, 1.54) is 18.6 Å². The minimum atomic E-state index is 0. The number of furan rings is 1. The fraction of sp³-hybridized carbons (Fsp3) is 0.688. The number of thioether (sulfide) groups is 1. The molecule has 22 heavy (non-hydrogen) atoms. The van der Waals surface area contributed by atoms with Gasteiger partial charge in [0.2, 0.25) is 0 Å². The predicted octanol–water partition coefficient (Wildman–Crippen LogP) is 3.67. The van der Waals surface area contributed by atoms with Crippen molar-refractivity contribution < 1.29 is 4.42 Å². The van der Waals surface area contributed by atoms with Gasteiger partial charge in [0.15, 0.2) is 5.96 Å². The van der Waals surface area contributed by atoms with E-state index in [4.69, 9.17) is 9.41 Å². The fourth-order valence-corrected chi connectivity index (χ4v) is 3.61. The van der Waals surface area contributed by atoms with Crippen LogP contribution in [0.5, 0.6) is 0 Å². The van der Waals surface area contributed by atoms with Crippen LogP contribution in [0.3, 0.4) is 0 Å². The van der Waals surface area contributed by atoms with E-state index in [9.17, 15) is 0 Å². The highest BCUT2D eigenvalue weighted by Gasteiger charge is 2.29. The maximum Gasteiger partial charge on any atom is 0.191 e. The molecule has 1 aromatic rings. The molecule has 4 nitrogen and oxygen atoms in total. The van der Waals surface area contributed by atoms with Gasteiger partial charge in [0.1, 0.15) is 5.76 Å². The van der Waals surface area contributed by atoms with Crippen LogP contribution >= 0.6 is 35.7 Å². The lowest BCUT2D eigenvalue weighted by Crippen LogP contribution is -2.40. The molecule has 2 N–H and O–H groups in total. The van der Waals surface area contributed by atoms with Gasteiger partial charge in [-0.25, -0.2) is 0 Å². The highest BCUT2D eigenvalue weighted by Crippen LogP contribution is 2.37. The van der Waals surface area contributed by atoms with Gasteiger partial charge in [-0.2, -0.15) is 11.8 Å². The van der Waals surface area contributed by atoms with E-state index in [2.05, 4.69) is 36.2 Å². The van der Waals surface area contributed by atoms with Crippen molar-refractivity contribution in [2.24, 2.45) is 4.99 Å². The van der Waals surface area contributed by atoms with Crippen molar-refractivity contribution in [3.05, 3.63) is 24.2 Å². The Morgan fingerprint density at radius 3 is 2.86 bits per heavy atom. The van der Waals surface area contributed by atoms with Gasteiger partial charge in [0.05, 0.1) is 12.8 Å². The Kier molecular flexibility index (Phi) is 9.31. The van der Waals surface area contributed by atoms with Crippen LogP contribution in [0.2, 0.25) is 0 Å². The molecule has 0 saturated carbocycles. The summed E-state index contributed by atoms with van der Waals surface area (Å²) in [5, 5.41) is 6.79. The summed E-state index contributed by atoms with van der Waals surface area (Å²) in [5.74, 6) is 3.21. The SMILES string of the molecule is CCCNC(=NCC1(C)CCCS1)NCCc1ccco1.I. The third-order valence-corrected chi connectivity index (χ3v) is 5.18. The van der Waals surface area contributed by atoms with Gasteiger partial charge in [-0.1, -0.05) is 6.92 Å². The largest absolute Gasteiger partial charge is 0.469 e. The van der Waals surface area contributed by atoms with Crippen LogP contribution in [0.25, 0.3) is 0 Å². The lowest BCUT2D eigenvalue weighted by Gasteiger charge is -2.21. The van der Waals surface area contributed by atoms with Crippen molar-refractivity contribution in [3.63, 3.8) is 0 Å². The third-order valence-electron chi connectivity index (χ3n) is 3.66. The quantitative estimate of drug-likeness (QED) is 0.388. The topological polar surface area (TPSA) is 49.6 Å². The summed E-state index contributed by atoms with van der Waals surface area (Å²) in [6.45, 7) is 7.18. The highest BCUT2D eigenvalue weighted by molar-refractivity contribution is 14.0. The Morgan fingerprint density at radius 1 is 1.41 bits per heavy atom. The summed E-state index contributed by atoms with van der Waals surface area (Å²) in [6, 6.07) is 3.94. The molecule has 2 rings (SSSR count). The molecule has 1 aromatic heterocycles. The Morgan fingerprint density at radius 2 is 2.23 bits per heavy atom. The molecule has 0 aromatic carbocycles. The van der Waals surface area contributed by atoms with Crippen molar-refractivity contribution in [2.75, 3.05) is 25.4 Å². The standard InChI is InChI=1S/C16H27N3OS.HI/c1-3-9-17-15(18-10-7-14-6-4-11-20-14)19-13-16(2)8-5-12-21-16;/h4,6,11H,3,5,7-10,12-13H2,1-2H3,(H2,17,18,19);1H. The number of rotatable bonds is 7. The highest BCUT2D eigenvalue weighted by atomic mass is 127. The second-order valence-electron chi connectivity index (χ2n) is 5.75. The first-order valence-corrected chi connectivity index (χ1v) is 8.89. The Balaban J connectivity index is 0.00000242. The molecule has 0 aliphatic carbocycles. The first kappa shape index (κ1) is 19.7. The van der Waals surface area contributed by atoms with Gasteiger partial charge in [-0.15, -0.1) is 24.0 Å². The molecule has 0 spiro atoms.